The third-order valence-electron chi connectivity index (χ3n) is 4.62. The Hall–Kier alpha value is -1.84. The van der Waals surface area contributed by atoms with Gasteiger partial charge >= 0.3 is 5.97 Å². The van der Waals surface area contributed by atoms with Gasteiger partial charge in [0.15, 0.2) is 0 Å². The minimum absolute atomic E-state index is 0.0251. The van der Waals surface area contributed by atoms with E-state index >= 15 is 0 Å². The molecule has 0 atom stereocenters. The third kappa shape index (κ3) is 6.34. The van der Waals surface area contributed by atoms with Crippen LogP contribution >= 0.6 is 0 Å². The second-order valence-corrected chi connectivity index (χ2v) is 6.66. The van der Waals surface area contributed by atoms with Gasteiger partial charge in [-0.3, -0.25) is 4.79 Å². The fourth-order valence-corrected chi connectivity index (χ4v) is 3.15. The molecule has 4 nitrogen and oxygen atoms in total. The molecule has 1 aromatic carbocycles. The normalized spacial score (nSPS) is 15.0. The van der Waals surface area contributed by atoms with Gasteiger partial charge in [-0.2, -0.15) is 0 Å². The molecule has 0 bridgehead atoms. The van der Waals surface area contributed by atoms with Crippen molar-refractivity contribution in [2.75, 3.05) is 11.9 Å². The standard InChI is InChI=1S/C20H29NO3/c1-2-3-14-24-20(23)17-10-7-11-18(15-17)21-19(22)13-12-16-8-5-4-6-9-16/h7,10-11,15-16H,2-6,8-9,12-14H2,1H3,(H,21,22). The van der Waals surface area contributed by atoms with E-state index in [0.29, 0.717) is 30.2 Å². The van der Waals surface area contributed by atoms with Crippen molar-refractivity contribution in [2.45, 2.75) is 64.7 Å². The fraction of sp³-hybridized carbons (Fsp3) is 0.600. The Morgan fingerprint density at radius 1 is 1.21 bits per heavy atom. The Morgan fingerprint density at radius 2 is 2.00 bits per heavy atom. The van der Waals surface area contributed by atoms with E-state index in [4.69, 9.17) is 4.74 Å². The Bertz CT molecular complexity index is 535. The van der Waals surface area contributed by atoms with Crippen molar-refractivity contribution in [2.24, 2.45) is 5.92 Å². The number of unbranched alkanes of at least 4 members (excludes halogenated alkanes) is 1. The molecule has 1 aliphatic carbocycles. The number of benzene rings is 1. The van der Waals surface area contributed by atoms with Crippen LogP contribution in [-0.4, -0.2) is 18.5 Å². The Morgan fingerprint density at radius 3 is 2.75 bits per heavy atom. The van der Waals surface area contributed by atoms with Crippen LogP contribution in [0.2, 0.25) is 0 Å². The molecule has 24 heavy (non-hydrogen) atoms. The second kappa shape index (κ2) is 10.1. The van der Waals surface area contributed by atoms with Crippen molar-refractivity contribution >= 4 is 17.6 Å². The number of carbonyl (C=O) groups excluding carboxylic acids is 2. The van der Waals surface area contributed by atoms with Crippen LogP contribution in [0, 0.1) is 5.92 Å². The van der Waals surface area contributed by atoms with Crippen LogP contribution in [0.3, 0.4) is 0 Å². The molecule has 0 radical (unpaired) electrons. The van der Waals surface area contributed by atoms with Gasteiger partial charge in [0.05, 0.1) is 12.2 Å². The molecule has 1 N–H and O–H groups in total. The molecule has 0 spiro atoms. The summed E-state index contributed by atoms with van der Waals surface area (Å²) in [6.07, 6.45) is 9.82. The maximum absolute atomic E-state index is 12.1. The molecule has 1 fully saturated rings. The number of nitrogens with one attached hydrogen (secondary N) is 1. The van der Waals surface area contributed by atoms with E-state index in [-0.39, 0.29) is 11.9 Å². The summed E-state index contributed by atoms with van der Waals surface area (Å²) in [7, 11) is 0. The van der Waals surface area contributed by atoms with Gasteiger partial charge in [-0.1, -0.05) is 51.5 Å². The van der Waals surface area contributed by atoms with E-state index in [9.17, 15) is 9.59 Å². The van der Waals surface area contributed by atoms with E-state index in [1.165, 1.54) is 32.1 Å². The summed E-state index contributed by atoms with van der Waals surface area (Å²) in [6, 6.07) is 6.98. The molecule has 1 saturated carbocycles. The lowest BCUT2D eigenvalue weighted by Gasteiger charge is -2.21. The number of hydrogen-bond donors (Lipinski definition) is 1. The molecule has 1 aromatic rings. The first kappa shape index (κ1) is 18.5. The number of rotatable bonds is 8. The molecule has 132 valence electrons. The highest BCUT2D eigenvalue weighted by Gasteiger charge is 2.15. The van der Waals surface area contributed by atoms with Crippen LogP contribution in [0.5, 0.6) is 0 Å². The number of ether oxygens (including phenoxy) is 1. The lowest BCUT2D eigenvalue weighted by Crippen LogP contribution is -2.15. The Labute approximate surface area is 145 Å². The zero-order chi connectivity index (χ0) is 17.2. The van der Waals surface area contributed by atoms with Gasteiger partial charge in [0, 0.05) is 12.1 Å². The molecular weight excluding hydrogens is 302 g/mol. The predicted molar refractivity (Wildman–Crippen MR) is 96.1 cm³/mol. The zero-order valence-corrected chi connectivity index (χ0v) is 14.7. The van der Waals surface area contributed by atoms with Crippen molar-refractivity contribution in [3.63, 3.8) is 0 Å². The average molecular weight is 331 g/mol. The Kier molecular flexibility index (Phi) is 7.80. The molecule has 0 heterocycles. The van der Waals surface area contributed by atoms with Crippen LogP contribution in [0.25, 0.3) is 0 Å². The summed E-state index contributed by atoms with van der Waals surface area (Å²) in [5, 5.41) is 2.90. The fourth-order valence-electron chi connectivity index (χ4n) is 3.15. The summed E-state index contributed by atoms with van der Waals surface area (Å²) in [6.45, 7) is 2.49. The maximum atomic E-state index is 12.1. The number of amides is 1. The Balaban J connectivity index is 1.79. The van der Waals surface area contributed by atoms with Crippen molar-refractivity contribution in [1.82, 2.24) is 0 Å². The molecule has 0 saturated heterocycles. The third-order valence-corrected chi connectivity index (χ3v) is 4.62. The number of anilines is 1. The topological polar surface area (TPSA) is 55.4 Å². The molecule has 0 aliphatic heterocycles. The van der Waals surface area contributed by atoms with Crippen molar-refractivity contribution < 1.29 is 14.3 Å². The summed E-state index contributed by atoms with van der Waals surface area (Å²) < 4.78 is 5.20. The lowest BCUT2D eigenvalue weighted by atomic mass is 9.86. The van der Waals surface area contributed by atoms with Crippen molar-refractivity contribution in [3.05, 3.63) is 29.8 Å². The molecule has 0 aromatic heterocycles. The van der Waals surface area contributed by atoms with Gasteiger partial charge in [-0.15, -0.1) is 0 Å². The van der Waals surface area contributed by atoms with Gasteiger partial charge < -0.3 is 10.1 Å². The first-order chi connectivity index (χ1) is 11.7. The average Bonchev–Trinajstić information content (AvgIpc) is 2.61. The van der Waals surface area contributed by atoms with Crippen molar-refractivity contribution in [3.8, 4) is 0 Å². The minimum Gasteiger partial charge on any atom is -0.462 e. The van der Waals surface area contributed by atoms with E-state index in [1.807, 2.05) is 0 Å². The highest BCUT2D eigenvalue weighted by atomic mass is 16.5. The lowest BCUT2D eigenvalue weighted by molar-refractivity contribution is -0.116. The predicted octanol–water partition coefficient (Wildman–Crippen LogP) is 4.94. The summed E-state index contributed by atoms with van der Waals surface area (Å²) in [5.74, 6) is 0.392. The van der Waals surface area contributed by atoms with Crippen LogP contribution in [0.15, 0.2) is 24.3 Å². The van der Waals surface area contributed by atoms with E-state index < -0.39 is 0 Å². The first-order valence-corrected chi connectivity index (χ1v) is 9.26. The minimum atomic E-state index is -0.332. The molecule has 0 unspecified atom stereocenters. The smallest absolute Gasteiger partial charge is 0.338 e. The number of carbonyl (C=O) groups is 2. The van der Waals surface area contributed by atoms with E-state index in [0.717, 1.165) is 19.3 Å². The quantitative estimate of drug-likeness (QED) is 0.542. The van der Waals surface area contributed by atoms with E-state index in [1.54, 1.807) is 24.3 Å². The molecule has 2 rings (SSSR count). The summed E-state index contributed by atoms with van der Waals surface area (Å²) >= 11 is 0. The number of esters is 1. The van der Waals surface area contributed by atoms with Crippen molar-refractivity contribution in [1.29, 1.82) is 0 Å². The maximum Gasteiger partial charge on any atom is 0.338 e. The highest BCUT2D eigenvalue weighted by Crippen LogP contribution is 2.27. The zero-order valence-electron chi connectivity index (χ0n) is 14.7. The highest BCUT2D eigenvalue weighted by molar-refractivity contribution is 5.94. The number of hydrogen-bond acceptors (Lipinski definition) is 3. The molecule has 1 aliphatic rings. The van der Waals surface area contributed by atoms with Gasteiger partial charge in [-0.05, 0) is 37.0 Å². The molecule has 4 heteroatoms. The SMILES string of the molecule is CCCCOC(=O)c1cccc(NC(=O)CCC2CCCCC2)c1. The van der Waals surface area contributed by atoms with Crippen LogP contribution < -0.4 is 5.32 Å². The van der Waals surface area contributed by atoms with Crippen LogP contribution in [0.4, 0.5) is 5.69 Å². The monoisotopic (exact) mass is 331 g/mol. The van der Waals surface area contributed by atoms with E-state index in [2.05, 4.69) is 12.2 Å². The summed E-state index contributed by atoms with van der Waals surface area (Å²) in [4.78, 5) is 24.1. The van der Waals surface area contributed by atoms with Gasteiger partial charge in [0.25, 0.3) is 0 Å². The largest absolute Gasteiger partial charge is 0.462 e. The van der Waals surface area contributed by atoms with Gasteiger partial charge in [-0.25, -0.2) is 4.79 Å². The van der Waals surface area contributed by atoms with Crippen LogP contribution in [0.1, 0.15) is 75.1 Å². The summed E-state index contributed by atoms with van der Waals surface area (Å²) in [5.41, 5.74) is 1.14. The van der Waals surface area contributed by atoms with Gasteiger partial charge in [0.1, 0.15) is 0 Å². The van der Waals surface area contributed by atoms with Crippen LogP contribution in [-0.2, 0) is 9.53 Å². The molecular formula is C20H29NO3. The van der Waals surface area contributed by atoms with Gasteiger partial charge in [0.2, 0.25) is 5.91 Å². The first-order valence-electron chi connectivity index (χ1n) is 9.26. The molecule has 1 amide bonds. The second-order valence-electron chi connectivity index (χ2n) is 6.66.